The topological polar surface area (TPSA) is 46.5 Å². The van der Waals surface area contributed by atoms with Gasteiger partial charge in [0.2, 0.25) is 0 Å². The molecule has 1 saturated carbocycles. The molecule has 0 bridgehead atoms. The maximum absolute atomic E-state index is 10.8. The third-order valence-corrected chi connectivity index (χ3v) is 3.75. The van der Waals surface area contributed by atoms with Crippen LogP contribution in [-0.2, 0) is 9.53 Å². The van der Waals surface area contributed by atoms with E-state index >= 15 is 0 Å². The number of aliphatic carboxylic acids is 1. The molecule has 0 saturated heterocycles. The van der Waals surface area contributed by atoms with Crippen LogP contribution in [0.5, 0.6) is 0 Å². The van der Waals surface area contributed by atoms with Crippen molar-refractivity contribution >= 4 is 5.97 Å². The second-order valence-electron chi connectivity index (χ2n) is 4.83. The molecule has 1 fully saturated rings. The van der Waals surface area contributed by atoms with Gasteiger partial charge >= 0.3 is 5.97 Å². The average Bonchev–Trinajstić information content (AvgIpc) is 2.31. The van der Waals surface area contributed by atoms with E-state index in [-0.39, 0.29) is 5.92 Å². The van der Waals surface area contributed by atoms with Crippen LogP contribution in [0, 0.1) is 11.8 Å². The number of carboxylic acid groups (broad SMARTS) is 1. The third kappa shape index (κ3) is 4.12. The Morgan fingerprint density at radius 1 is 1.25 bits per heavy atom. The SMILES string of the molecule is CCC(CC)COC1CCC(C(=O)O)CC1. The van der Waals surface area contributed by atoms with Gasteiger partial charge in [0, 0.05) is 6.61 Å². The maximum Gasteiger partial charge on any atom is 0.306 e. The Labute approximate surface area is 98.2 Å². The van der Waals surface area contributed by atoms with Crippen LogP contribution in [0.4, 0.5) is 0 Å². The zero-order valence-corrected chi connectivity index (χ0v) is 10.4. The third-order valence-electron chi connectivity index (χ3n) is 3.75. The number of hydrogen-bond donors (Lipinski definition) is 1. The molecule has 94 valence electrons. The molecule has 0 aromatic heterocycles. The first-order valence-corrected chi connectivity index (χ1v) is 6.51. The van der Waals surface area contributed by atoms with Crippen LogP contribution < -0.4 is 0 Å². The lowest BCUT2D eigenvalue weighted by molar-refractivity contribution is -0.143. The molecule has 0 heterocycles. The van der Waals surface area contributed by atoms with Crippen LogP contribution in [0.25, 0.3) is 0 Å². The first kappa shape index (κ1) is 13.5. The molecule has 1 aliphatic carbocycles. The summed E-state index contributed by atoms with van der Waals surface area (Å²) in [5, 5.41) is 8.88. The van der Waals surface area contributed by atoms with E-state index in [0.29, 0.717) is 12.0 Å². The van der Waals surface area contributed by atoms with Crippen LogP contribution in [0.1, 0.15) is 52.4 Å². The molecule has 1 aliphatic rings. The normalized spacial score (nSPS) is 25.9. The Kier molecular flexibility index (Phi) is 5.81. The largest absolute Gasteiger partial charge is 0.481 e. The fourth-order valence-electron chi connectivity index (χ4n) is 2.27. The van der Waals surface area contributed by atoms with Gasteiger partial charge in [-0.3, -0.25) is 4.79 Å². The number of carbonyl (C=O) groups is 1. The number of hydrogen-bond acceptors (Lipinski definition) is 2. The molecule has 0 spiro atoms. The van der Waals surface area contributed by atoms with Gasteiger partial charge in [-0.1, -0.05) is 26.7 Å². The quantitative estimate of drug-likeness (QED) is 0.760. The van der Waals surface area contributed by atoms with Crippen LogP contribution in [-0.4, -0.2) is 23.8 Å². The van der Waals surface area contributed by atoms with E-state index in [1.54, 1.807) is 0 Å². The fraction of sp³-hybridized carbons (Fsp3) is 0.923. The Hall–Kier alpha value is -0.570. The molecule has 0 radical (unpaired) electrons. The van der Waals surface area contributed by atoms with Crippen molar-refractivity contribution in [2.24, 2.45) is 11.8 Å². The summed E-state index contributed by atoms with van der Waals surface area (Å²) >= 11 is 0. The zero-order chi connectivity index (χ0) is 12.0. The minimum absolute atomic E-state index is 0.131. The molecular weight excluding hydrogens is 204 g/mol. The highest BCUT2D eigenvalue weighted by molar-refractivity contribution is 5.69. The van der Waals surface area contributed by atoms with Crippen molar-refractivity contribution in [1.82, 2.24) is 0 Å². The Morgan fingerprint density at radius 2 is 1.81 bits per heavy atom. The lowest BCUT2D eigenvalue weighted by atomic mass is 9.87. The van der Waals surface area contributed by atoms with Gasteiger partial charge in [-0.05, 0) is 31.6 Å². The number of carboxylic acids is 1. The molecule has 0 atom stereocenters. The van der Waals surface area contributed by atoms with E-state index in [2.05, 4.69) is 13.8 Å². The molecule has 0 amide bonds. The van der Waals surface area contributed by atoms with Crippen LogP contribution in [0.15, 0.2) is 0 Å². The smallest absolute Gasteiger partial charge is 0.306 e. The summed E-state index contributed by atoms with van der Waals surface area (Å²) in [7, 11) is 0. The highest BCUT2D eigenvalue weighted by Crippen LogP contribution is 2.27. The van der Waals surface area contributed by atoms with E-state index in [0.717, 1.165) is 32.3 Å². The lowest BCUT2D eigenvalue weighted by Gasteiger charge is -2.27. The number of rotatable bonds is 6. The summed E-state index contributed by atoms with van der Waals surface area (Å²) in [6.07, 6.45) is 6.03. The van der Waals surface area contributed by atoms with Crippen molar-refractivity contribution in [3.05, 3.63) is 0 Å². The molecule has 3 nitrogen and oxygen atoms in total. The highest BCUT2D eigenvalue weighted by Gasteiger charge is 2.26. The second kappa shape index (κ2) is 6.89. The average molecular weight is 228 g/mol. The minimum atomic E-state index is -0.640. The Bertz CT molecular complexity index is 203. The Morgan fingerprint density at radius 3 is 2.25 bits per heavy atom. The van der Waals surface area contributed by atoms with Crippen molar-refractivity contribution in [3.63, 3.8) is 0 Å². The first-order valence-electron chi connectivity index (χ1n) is 6.51. The standard InChI is InChI=1S/C13H24O3/c1-3-10(4-2)9-16-12-7-5-11(6-8-12)13(14)15/h10-12H,3-9H2,1-2H3,(H,14,15). The molecule has 0 aromatic rings. The van der Waals surface area contributed by atoms with Gasteiger partial charge in [-0.2, -0.15) is 0 Å². The van der Waals surface area contributed by atoms with Crippen LogP contribution >= 0.6 is 0 Å². The predicted octanol–water partition coefficient (Wildman–Crippen LogP) is 3.08. The second-order valence-corrected chi connectivity index (χ2v) is 4.83. The molecule has 1 rings (SSSR count). The lowest BCUT2D eigenvalue weighted by Crippen LogP contribution is -2.27. The van der Waals surface area contributed by atoms with Crippen molar-refractivity contribution in [1.29, 1.82) is 0 Å². The summed E-state index contributed by atoms with van der Waals surface area (Å²) in [5.74, 6) is -0.108. The summed E-state index contributed by atoms with van der Waals surface area (Å²) in [4.78, 5) is 10.8. The Balaban J connectivity index is 2.19. The van der Waals surface area contributed by atoms with Crippen molar-refractivity contribution in [2.75, 3.05) is 6.61 Å². The minimum Gasteiger partial charge on any atom is -0.481 e. The summed E-state index contributed by atoms with van der Waals surface area (Å²) in [6, 6.07) is 0. The summed E-state index contributed by atoms with van der Waals surface area (Å²) in [6.45, 7) is 5.23. The van der Waals surface area contributed by atoms with E-state index < -0.39 is 5.97 Å². The van der Waals surface area contributed by atoms with Crippen molar-refractivity contribution in [3.8, 4) is 0 Å². The van der Waals surface area contributed by atoms with Crippen molar-refractivity contribution in [2.45, 2.75) is 58.5 Å². The highest BCUT2D eigenvalue weighted by atomic mass is 16.5. The van der Waals surface area contributed by atoms with Gasteiger partial charge in [-0.15, -0.1) is 0 Å². The molecule has 0 aliphatic heterocycles. The van der Waals surface area contributed by atoms with Gasteiger partial charge in [-0.25, -0.2) is 0 Å². The fourth-order valence-corrected chi connectivity index (χ4v) is 2.27. The van der Waals surface area contributed by atoms with E-state index in [9.17, 15) is 4.79 Å². The predicted molar refractivity (Wildman–Crippen MR) is 63.4 cm³/mol. The van der Waals surface area contributed by atoms with Gasteiger partial charge in [0.25, 0.3) is 0 Å². The van der Waals surface area contributed by atoms with E-state index in [1.165, 1.54) is 12.8 Å². The van der Waals surface area contributed by atoms with Crippen LogP contribution in [0.3, 0.4) is 0 Å². The molecular formula is C13H24O3. The van der Waals surface area contributed by atoms with E-state index in [1.807, 2.05) is 0 Å². The maximum atomic E-state index is 10.8. The van der Waals surface area contributed by atoms with Gasteiger partial charge in [0.05, 0.1) is 12.0 Å². The van der Waals surface area contributed by atoms with Crippen LogP contribution in [0.2, 0.25) is 0 Å². The summed E-state index contributed by atoms with van der Waals surface area (Å²) in [5.41, 5.74) is 0. The first-order chi connectivity index (χ1) is 7.67. The monoisotopic (exact) mass is 228 g/mol. The van der Waals surface area contributed by atoms with Gasteiger partial charge in [0.1, 0.15) is 0 Å². The molecule has 0 aromatic carbocycles. The van der Waals surface area contributed by atoms with E-state index in [4.69, 9.17) is 9.84 Å². The summed E-state index contributed by atoms with van der Waals surface area (Å²) < 4.78 is 5.86. The number of ether oxygens (including phenoxy) is 1. The van der Waals surface area contributed by atoms with Crippen molar-refractivity contribution < 1.29 is 14.6 Å². The van der Waals surface area contributed by atoms with Gasteiger partial charge < -0.3 is 9.84 Å². The molecule has 16 heavy (non-hydrogen) atoms. The molecule has 0 unspecified atom stereocenters. The zero-order valence-electron chi connectivity index (χ0n) is 10.4. The molecule has 3 heteroatoms. The molecule has 1 N–H and O–H groups in total. The van der Waals surface area contributed by atoms with Gasteiger partial charge in [0.15, 0.2) is 0 Å².